The van der Waals surface area contributed by atoms with Crippen molar-refractivity contribution in [2.24, 2.45) is 5.92 Å². The fourth-order valence-corrected chi connectivity index (χ4v) is 4.85. The molecule has 0 radical (unpaired) electrons. The third-order valence-electron chi connectivity index (χ3n) is 4.63. The molecule has 152 valence electrons. The number of hydrogen-bond donors (Lipinski definition) is 1. The maximum absolute atomic E-state index is 12.3. The summed E-state index contributed by atoms with van der Waals surface area (Å²) >= 11 is 0. The zero-order valence-corrected chi connectivity index (χ0v) is 17.6. The van der Waals surface area contributed by atoms with Gasteiger partial charge in [0, 0.05) is 35.7 Å². The highest BCUT2D eigenvalue weighted by Gasteiger charge is 2.14. The van der Waals surface area contributed by atoms with Gasteiger partial charge in [0.15, 0.2) is 0 Å². The minimum Gasteiger partial charge on any atom is -0.282 e. The zero-order valence-electron chi connectivity index (χ0n) is 16.8. The first kappa shape index (κ1) is 20.0. The molecule has 0 amide bonds. The number of hydrogen-bond acceptors (Lipinski definition) is 5. The highest BCUT2D eigenvalue weighted by atomic mass is 32.2. The molecule has 0 aliphatic carbocycles. The summed E-state index contributed by atoms with van der Waals surface area (Å²) in [6.07, 6.45) is 8.57. The van der Waals surface area contributed by atoms with Gasteiger partial charge in [0.2, 0.25) is 10.0 Å². The van der Waals surface area contributed by atoms with Crippen LogP contribution in [0.3, 0.4) is 0 Å². The fraction of sp³-hybridized carbons (Fsp3) is 0.174. The number of nitrogens with zero attached hydrogens (tertiary/aromatic N) is 3. The summed E-state index contributed by atoms with van der Waals surface area (Å²) in [5.41, 5.74) is 5.21. The molecule has 0 saturated carbocycles. The Kier molecular flexibility index (Phi) is 5.46. The lowest BCUT2D eigenvalue weighted by Crippen LogP contribution is -2.20. The summed E-state index contributed by atoms with van der Waals surface area (Å²) in [6, 6.07) is 13.7. The standard InChI is InChI=1S/C23H22N4O2S/c1-16(2)15-30(28,29)27-20-11-19(13-25-14-20)18-3-4-23-22(12-18)21(7-10-26-23)17-5-8-24-9-6-17/h3-14,16,27H,15H2,1-2H3. The van der Waals surface area contributed by atoms with Crippen LogP contribution in [0.2, 0.25) is 0 Å². The van der Waals surface area contributed by atoms with Crippen molar-refractivity contribution in [1.82, 2.24) is 15.0 Å². The molecule has 0 atom stereocenters. The lowest BCUT2D eigenvalue weighted by Gasteiger charge is -2.12. The van der Waals surface area contributed by atoms with Gasteiger partial charge in [0.25, 0.3) is 0 Å². The number of pyridine rings is 3. The Morgan fingerprint density at radius 1 is 0.867 bits per heavy atom. The normalized spacial score (nSPS) is 11.7. The van der Waals surface area contributed by atoms with Gasteiger partial charge in [-0.2, -0.15) is 0 Å². The molecule has 3 aromatic heterocycles. The molecule has 0 unspecified atom stereocenters. The predicted molar refractivity (Wildman–Crippen MR) is 120 cm³/mol. The number of benzene rings is 1. The third kappa shape index (κ3) is 4.46. The lowest BCUT2D eigenvalue weighted by atomic mass is 9.98. The van der Waals surface area contributed by atoms with Gasteiger partial charge in [0.1, 0.15) is 0 Å². The van der Waals surface area contributed by atoms with E-state index in [2.05, 4.69) is 25.7 Å². The highest BCUT2D eigenvalue weighted by Crippen LogP contribution is 2.31. The summed E-state index contributed by atoms with van der Waals surface area (Å²) in [6.45, 7) is 3.74. The van der Waals surface area contributed by atoms with E-state index >= 15 is 0 Å². The SMILES string of the molecule is CC(C)CS(=O)(=O)Nc1cncc(-c2ccc3nccc(-c4ccncc4)c3c2)c1. The molecular weight excluding hydrogens is 396 g/mol. The van der Waals surface area contributed by atoms with E-state index in [4.69, 9.17) is 0 Å². The topological polar surface area (TPSA) is 84.8 Å². The number of anilines is 1. The molecule has 7 heteroatoms. The quantitative estimate of drug-likeness (QED) is 0.488. The van der Waals surface area contributed by atoms with Crippen LogP contribution < -0.4 is 4.72 Å². The van der Waals surface area contributed by atoms with Gasteiger partial charge in [-0.05, 0) is 59.0 Å². The summed E-state index contributed by atoms with van der Waals surface area (Å²) in [7, 11) is -3.42. The van der Waals surface area contributed by atoms with Crippen LogP contribution in [0.5, 0.6) is 0 Å². The van der Waals surface area contributed by atoms with Gasteiger partial charge in [-0.25, -0.2) is 8.42 Å². The molecule has 4 rings (SSSR count). The van der Waals surface area contributed by atoms with Crippen LogP contribution in [0, 0.1) is 5.92 Å². The van der Waals surface area contributed by atoms with Crippen LogP contribution in [-0.4, -0.2) is 29.1 Å². The Hall–Kier alpha value is -3.32. The fourth-order valence-electron chi connectivity index (χ4n) is 3.42. The van der Waals surface area contributed by atoms with Crippen LogP contribution in [-0.2, 0) is 10.0 Å². The molecule has 30 heavy (non-hydrogen) atoms. The van der Waals surface area contributed by atoms with E-state index in [0.29, 0.717) is 5.69 Å². The number of rotatable bonds is 6. The Bertz CT molecular complexity index is 1290. The van der Waals surface area contributed by atoms with E-state index in [-0.39, 0.29) is 11.7 Å². The predicted octanol–water partition coefficient (Wildman–Crippen LogP) is 4.76. The second-order valence-corrected chi connectivity index (χ2v) is 9.33. The van der Waals surface area contributed by atoms with E-state index in [9.17, 15) is 8.42 Å². The first-order valence-electron chi connectivity index (χ1n) is 9.66. The number of aromatic nitrogens is 3. The van der Waals surface area contributed by atoms with Gasteiger partial charge in [0.05, 0.1) is 23.2 Å². The molecule has 1 N–H and O–H groups in total. The molecule has 0 aliphatic rings. The van der Waals surface area contributed by atoms with Crippen LogP contribution in [0.1, 0.15) is 13.8 Å². The van der Waals surface area contributed by atoms with E-state index < -0.39 is 10.0 Å². The molecule has 3 heterocycles. The monoisotopic (exact) mass is 418 g/mol. The summed E-state index contributed by atoms with van der Waals surface area (Å²) in [5, 5.41) is 1.01. The van der Waals surface area contributed by atoms with Crippen LogP contribution in [0.15, 0.2) is 73.4 Å². The first-order chi connectivity index (χ1) is 14.4. The minimum absolute atomic E-state index is 0.0400. The molecule has 0 saturated heterocycles. The Labute approximate surface area is 176 Å². The van der Waals surface area contributed by atoms with E-state index in [1.54, 1.807) is 30.9 Å². The van der Waals surface area contributed by atoms with Crippen molar-refractivity contribution in [2.45, 2.75) is 13.8 Å². The average Bonchev–Trinajstić information content (AvgIpc) is 2.72. The summed E-state index contributed by atoms with van der Waals surface area (Å²) in [5.74, 6) is 0.104. The first-order valence-corrected chi connectivity index (χ1v) is 11.3. The smallest absolute Gasteiger partial charge is 0.233 e. The number of fused-ring (bicyclic) bond motifs is 1. The maximum Gasteiger partial charge on any atom is 0.233 e. The van der Waals surface area contributed by atoms with Crippen molar-refractivity contribution in [3.63, 3.8) is 0 Å². The molecule has 0 aliphatic heterocycles. The zero-order chi connectivity index (χ0) is 21.1. The highest BCUT2D eigenvalue weighted by molar-refractivity contribution is 7.92. The van der Waals surface area contributed by atoms with Crippen molar-refractivity contribution in [1.29, 1.82) is 0 Å². The van der Waals surface area contributed by atoms with Crippen molar-refractivity contribution in [2.75, 3.05) is 10.5 Å². The molecule has 0 spiro atoms. The average molecular weight is 419 g/mol. The molecule has 0 fully saturated rings. The van der Waals surface area contributed by atoms with Gasteiger partial charge in [-0.15, -0.1) is 0 Å². The van der Waals surface area contributed by atoms with Gasteiger partial charge >= 0.3 is 0 Å². The molecule has 6 nitrogen and oxygen atoms in total. The van der Waals surface area contributed by atoms with Crippen molar-refractivity contribution < 1.29 is 8.42 Å². The largest absolute Gasteiger partial charge is 0.282 e. The Morgan fingerprint density at radius 2 is 1.67 bits per heavy atom. The van der Waals surface area contributed by atoms with Gasteiger partial charge in [-0.1, -0.05) is 19.9 Å². The number of sulfonamides is 1. The van der Waals surface area contributed by atoms with E-state index in [1.165, 1.54) is 6.20 Å². The summed E-state index contributed by atoms with van der Waals surface area (Å²) in [4.78, 5) is 12.8. The van der Waals surface area contributed by atoms with E-state index in [0.717, 1.165) is 33.2 Å². The minimum atomic E-state index is -3.42. The van der Waals surface area contributed by atoms with Gasteiger partial charge in [-0.3, -0.25) is 19.7 Å². The molecular formula is C23H22N4O2S. The summed E-state index contributed by atoms with van der Waals surface area (Å²) < 4.78 is 27.2. The molecule has 1 aromatic carbocycles. The van der Waals surface area contributed by atoms with Crippen molar-refractivity contribution in [3.8, 4) is 22.3 Å². The lowest BCUT2D eigenvalue weighted by molar-refractivity contribution is 0.587. The molecule has 0 bridgehead atoms. The maximum atomic E-state index is 12.3. The van der Waals surface area contributed by atoms with Crippen LogP contribution in [0.25, 0.3) is 33.2 Å². The van der Waals surface area contributed by atoms with Gasteiger partial charge < -0.3 is 0 Å². The molecule has 4 aromatic rings. The van der Waals surface area contributed by atoms with Crippen LogP contribution >= 0.6 is 0 Å². The third-order valence-corrected chi connectivity index (χ3v) is 6.28. The Morgan fingerprint density at radius 3 is 2.43 bits per heavy atom. The number of nitrogens with one attached hydrogen (secondary N) is 1. The Balaban J connectivity index is 1.74. The van der Waals surface area contributed by atoms with E-state index in [1.807, 2.05) is 44.2 Å². The second kappa shape index (κ2) is 8.20. The second-order valence-electron chi connectivity index (χ2n) is 7.57. The van der Waals surface area contributed by atoms with Crippen molar-refractivity contribution >= 4 is 26.6 Å². The van der Waals surface area contributed by atoms with Crippen molar-refractivity contribution in [3.05, 3.63) is 73.4 Å². The van der Waals surface area contributed by atoms with Crippen LogP contribution in [0.4, 0.5) is 5.69 Å².